The van der Waals surface area contributed by atoms with Crippen LogP contribution in [0.25, 0.3) is 0 Å². The first-order valence-electron chi connectivity index (χ1n) is 5.32. The fraction of sp³-hybridized carbons (Fsp3) is 1.00. The average Bonchev–Trinajstić information content (AvgIpc) is 2.25. The molecule has 1 aliphatic rings. The van der Waals surface area contributed by atoms with Gasteiger partial charge in [-0.25, -0.2) is 0 Å². The van der Waals surface area contributed by atoms with E-state index >= 15 is 0 Å². The summed E-state index contributed by atoms with van der Waals surface area (Å²) in [6.45, 7) is 4.36. The van der Waals surface area contributed by atoms with Crippen LogP contribution in [0.1, 0.15) is 0 Å². The van der Waals surface area contributed by atoms with Crippen LogP contribution in [0.4, 0.5) is 0 Å². The molecule has 0 aromatic heterocycles. The van der Waals surface area contributed by atoms with E-state index in [1.165, 1.54) is 0 Å². The molecule has 1 aliphatic heterocycles. The molecule has 0 aromatic rings. The topological polar surface area (TPSA) is 43.0 Å². The summed E-state index contributed by atoms with van der Waals surface area (Å²) in [5, 5.41) is 3.28. The van der Waals surface area contributed by atoms with Crippen molar-refractivity contribution < 1.29 is 14.2 Å². The summed E-state index contributed by atoms with van der Waals surface area (Å²) in [4.78, 5) is 2.28. The highest BCUT2D eigenvalue weighted by molar-refractivity contribution is 4.71. The van der Waals surface area contributed by atoms with Crippen LogP contribution in [0.2, 0.25) is 0 Å². The van der Waals surface area contributed by atoms with Crippen LogP contribution < -0.4 is 5.32 Å². The van der Waals surface area contributed by atoms with Gasteiger partial charge >= 0.3 is 0 Å². The van der Waals surface area contributed by atoms with Gasteiger partial charge in [-0.3, -0.25) is 0 Å². The molecule has 90 valence electrons. The molecule has 1 fully saturated rings. The van der Waals surface area contributed by atoms with Crippen LogP contribution in [0.3, 0.4) is 0 Å². The highest BCUT2D eigenvalue weighted by Gasteiger charge is 2.17. The Labute approximate surface area is 91.7 Å². The molecule has 0 amide bonds. The summed E-state index contributed by atoms with van der Waals surface area (Å²) in [5.74, 6) is 0. The van der Waals surface area contributed by atoms with Crippen LogP contribution in [0.15, 0.2) is 0 Å². The zero-order valence-electron chi connectivity index (χ0n) is 9.86. The van der Waals surface area contributed by atoms with E-state index in [9.17, 15) is 0 Å². The Kier molecular flexibility index (Phi) is 6.12. The van der Waals surface area contributed by atoms with E-state index in [1.807, 2.05) is 0 Å². The number of methoxy groups -OCH3 is 2. The van der Waals surface area contributed by atoms with Gasteiger partial charge in [0.05, 0.1) is 12.7 Å². The third-order valence-electron chi connectivity index (χ3n) is 2.55. The first kappa shape index (κ1) is 12.9. The van der Waals surface area contributed by atoms with Crippen LogP contribution >= 0.6 is 0 Å². The second-order valence-electron chi connectivity index (χ2n) is 3.81. The number of nitrogens with one attached hydrogen (secondary N) is 1. The Morgan fingerprint density at radius 1 is 1.47 bits per heavy atom. The molecule has 0 aromatic carbocycles. The molecule has 1 N–H and O–H groups in total. The number of nitrogens with zero attached hydrogens (tertiary/aromatic N) is 1. The van der Waals surface area contributed by atoms with Gasteiger partial charge in [0.1, 0.15) is 0 Å². The summed E-state index contributed by atoms with van der Waals surface area (Å²) in [6, 6.07) is 0. The highest BCUT2D eigenvalue weighted by Crippen LogP contribution is 2.01. The molecule has 0 aliphatic carbocycles. The number of hydrogen-bond acceptors (Lipinski definition) is 5. The molecular weight excluding hydrogens is 196 g/mol. The molecule has 1 saturated heterocycles. The third-order valence-corrected chi connectivity index (χ3v) is 2.55. The lowest BCUT2D eigenvalue weighted by Gasteiger charge is -2.30. The molecule has 5 heteroatoms. The second-order valence-corrected chi connectivity index (χ2v) is 3.81. The lowest BCUT2D eigenvalue weighted by atomic mass is 10.3. The zero-order chi connectivity index (χ0) is 11.1. The number of morpholine rings is 1. The van der Waals surface area contributed by atoms with Gasteiger partial charge in [0.25, 0.3) is 0 Å². The summed E-state index contributed by atoms with van der Waals surface area (Å²) in [6.07, 6.45) is 0.101. The Morgan fingerprint density at radius 2 is 2.20 bits per heavy atom. The van der Waals surface area contributed by atoms with E-state index in [2.05, 4.69) is 17.3 Å². The third kappa shape index (κ3) is 4.90. The molecule has 1 atom stereocenters. The highest BCUT2D eigenvalue weighted by atomic mass is 16.7. The fourth-order valence-electron chi connectivity index (χ4n) is 1.62. The van der Waals surface area contributed by atoms with Crippen molar-refractivity contribution in [3.8, 4) is 0 Å². The van der Waals surface area contributed by atoms with E-state index < -0.39 is 0 Å². The molecule has 1 rings (SSSR count). The molecule has 15 heavy (non-hydrogen) atoms. The minimum atomic E-state index is -0.175. The quantitative estimate of drug-likeness (QED) is 0.610. The lowest BCUT2D eigenvalue weighted by Crippen LogP contribution is -2.46. The normalized spacial score (nSPS) is 23.6. The van der Waals surface area contributed by atoms with E-state index in [1.54, 1.807) is 14.2 Å². The monoisotopic (exact) mass is 218 g/mol. The van der Waals surface area contributed by atoms with Crippen molar-refractivity contribution in [2.75, 3.05) is 54.1 Å². The van der Waals surface area contributed by atoms with Crippen LogP contribution in [0, 0.1) is 0 Å². The van der Waals surface area contributed by atoms with Gasteiger partial charge in [-0.2, -0.15) is 0 Å². The van der Waals surface area contributed by atoms with E-state index in [4.69, 9.17) is 14.2 Å². The minimum Gasteiger partial charge on any atom is -0.374 e. The van der Waals surface area contributed by atoms with Crippen molar-refractivity contribution in [1.82, 2.24) is 10.2 Å². The largest absolute Gasteiger partial charge is 0.374 e. The predicted octanol–water partition coefficient (Wildman–Crippen LogP) is -0.474. The van der Waals surface area contributed by atoms with Crippen molar-refractivity contribution in [2.45, 2.75) is 12.4 Å². The van der Waals surface area contributed by atoms with Gasteiger partial charge in [0.2, 0.25) is 0 Å². The van der Waals surface area contributed by atoms with Crippen molar-refractivity contribution in [2.24, 2.45) is 0 Å². The molecule has 1 unspecified atom stereocenters. The van der Waals surface area contributed by atoms with E-state index in [0.29, 0.717) is 6.54 Å². The van der Waals surface area contributed by atoms with Gasteiger partial charge in [-0.05, 0) is 7.05 Å². The average molecular weight is 218 g/mol. The maximum absolute atomic E-state index is 5.61. The fourth-order valence-corrected chi connectivity index (χ4v) is 1.62. The first-order chi connectivity index (χ1) is 7.26. The molecule has 0 bridgehead atoms. The van der Waals surface area contributed by atoms with Gasteiger partial charge < -0.3 is 24.4 Å². The summed E-state index contributed by atoms with van der Waals surface area (Å²) in [5.41, 5.74) is 0. The number of rotatable bonds is 6. The summed E-state index contributed by atoms with van der Waals surface area (Å²) in [7, 11) is 5.39. The van der Waals surface area contributed by atoms with Crippen LogP contribution in [0.5, 0.6) is 0 Å². The molecular formula is C10H22N2O3. The standard InChI is InChI=1S/C10H22N2O3/c1-12-4-5-15-9(8-12)6-11-7-10(13-2)14-3/h9-11H,4-8H2,1-3H3. The van der Waals surface area contributed by atoms with E-state index in [-0.39, 0.29) is 12.4 Å². The summed E-state index contributed by atoms with van der Waals surface area (Å²) < 4.78 is 15.8. The van der Waals surface area contributed by atoms with Crippen molar-refractivity contribution in [3.05, 3.63) is 0 Å². The lowest BCUT2D eigenvalue weighted by molar-refractivity contribution is -0.101. The Bertz CT molecular complexity index is 165. The molecule has 0 radical (unpaired) electrons. The minimum absolute atomic E-state index is 0.175. The van der Waals surface area contributed by atoms with Gasteiger partial charge in [-0.1, -0.05) is 0 Å². The second kappa shape index (κ2) is 7.14. The zero-order valence-corrected chi connectivity index (χ0v) is 9.86. The Morgan fingerprint density at radius 3 is 2.80 bits per heavy atom. The number of likely N-dealkylation sites (N-methyl/N-ethyl adjacent to an activating group) is 1. The number of hydrogen-bond donors (Lipinski definition) is 1. The Balaban J connectivity index is 2.08. The maximum Gasteiger partial charge on any atom is 0.169 e. The molecule has 0 spiro atoms. The number of ether oxygens (including phenoxy) is 3. The van der Waals surface area contributed by atoms with Crippen LogP contribution in [-0.4, -0.2) is 71.3 Å². The van der Waals surface area contributed by atoms with Gasteiger partial charge in [-0.15, -0.1) is 0 Å². The Hall–Kier alpha value is -0.200. The molecule has 0 saturated carbocycles. The van der Waals surface area contributed by atoms with E-state index in [0.717, 1.165) is 26.2 Å². The van der Waals surface area contributed by atoms with Crippen molar-refractivity contribution >= 4 is 0 Å². The first-order valence-corrected chi connectivity index (χ1v) is 5.32. The summed E-state index contributed by atoms with van der Waals surface area (Å²) >= 11 is 0. The smallest absolute Gasteiger partial charge is 0.169 e. The van der Waals surface area contributed by atoms with Gasteiger partial charge in [0, 0.05) is 40.4 Å². The molecule has 1 heterocycles. The maximum atomic E-state index is 5.61. The van der Waals surface area contributed by atoms with Gasteiger partial charge in [0.15, 0.2) is 6.29 Å². The SMILES string of the molecule is COC(CNCC1CN(C)CCO1)OC. The van der Waals surface area contributed by atoms with Crippen LogP contribution in [-0.2, 0) is 14.2 Å². The predicted molar refractivity (Wildman–Crippen MR) is 57.9 cm³/mol. The molecule has 5 nitrogen and oxygen atoms in total. The van der Waals surface area contributed by atoms with Crippen molar-refractivity contribution in [3.63, 3.8) is 0 Å². The van der Waals surface area contributed by atoms with Crippen molar-refractivity contribution in [1.29, 1.82) is 0 Å².